The summed E-state index contributed by atoms with van der Waals surface area (Å²) in [4.78, 5) is 18.0. The van der Waals surface area contributed by atoms with Crippen molar-refractivity contribution in [2.45, 2.75) is 52.5 Å². The number of aromatic nitrogens is 3. The Hall–Kier alpha value is -1.41. The topological polar surface area (TPSA) is 81.1 Å². The summed E-state index contributed by atoms with van der Waals surface area (Å²) in [6, 6.07) is 2.10. The van der Waals surface area contributed by atoms with Gasteiger partial charge >= 0.3 is 0 Å². The fourth-order valence-corrected chi connectivity index (χ4v) is 3.90. The van der Waals surface area contributed by atoms with Crippen molar-refractivity contribution >= 4 is 41.8 Å². The standard InChI is InChI=1S/C21H33N5O2.2ClH/c1-14(2)18-10-16(17-11-24-26(15(3)4)19(17)25-18)20(27)23-12-21(13-28-5)6-8-22-9-7-21;;/h10-11,14-15,22H,6-9,12-13H2,1-5H3,(H,23,27);2*1H. The van der Waals surface area contributed by atoms with Crippen molar-refractivity contribution in [2.75, 3.05) is 33.4 Å². The van der Waals surface area contributed by atoms with Crippen molar-refractivity contribution in [3.05, 3.63) is 23.5 Å². The number of rotatable bonds is 7. The van der Waals surface area contributed by atoms with Gasteiger partial charge in [-0.25, -0.2) is 9.67 Å². The number of fused-ring (bicyclic) bond motifs is 1. The van der Waals surface area contributed by atoms with Crippen molar-refractivity contribution in [1.82, 2.24) is 25.4 Å². The summed E-state index contributed by atoms with van der Waals surface area (Å²) in [6.45, 7) is 11.5. The minimum Gasteiger partial charge on any atom is -0.384 e. The van der Waals surface area contributed by atoms with E-state index in [1.54, 1.807) is 13.3 Å². The second-order valence-electron chi connectivity index (χ2n) is 8.54. The molecule has 3 heterocycles. The highest BCUT2D eigenvalue weighted by atomic mass is 35.5. The number of pyridine rings is 1. The lowest BCUT2D eigenvalue weighted by molar-refractivity contribution is 0.0512. The summed E-state index contributed by atoms with van der Waals surface area (Å²) in [6.07, 6.45) is 3.75. The molecule has 1 amide bonds. The van der Waals surface area contributed by atoms with Crippen LogP contribution in [0.1, 0.15) is 68.5 Å². The lowest BCUT2D eigenvalue weighted by atomic mass is 9.79. The maximum absolute atomic E-state index is 13.2. The van der Waals surface area contributed by atoms with E-state index < -0.39 is 0 Å². The smallest absolute Gasteiger partial charge is 0.252 e. The van der Waals surface area contributed by atoms with E-state index in [0.717, 1.165) is 42.7 Å². The van der Waals surface area contributed by atoms with Gasteiger partial charge in [0.05, 0.1) is 23.8 Å². The second-order valence-corrected chi connectivity index (χ2v) is 8.54. The van der Waals surface area contributed by atoms with Crippen LogP contribution in [-0.4, -0.2) is 54.0 Å². The molecule has 1 aliphatic heterocycles. The van der Waals surface area contributed by atoms with E-state index >= 15 is 0 Å². The molecule has 3 rings (SSSR count). The molecule has 0 saturated carbocycles. The molecular formula is C21H35Cl2N5O2. The Morgan fingerprint density at radius 2 is 1.93 bits per heavy atom. The number of halogens is 2. The summed E-state index contributed by atoms with van der Waals surface area (Å²) in [5.74, 6) is 0.169. The quantitative estimate of drug-likeness (QED) is 0.658. The van der Waals surface area contributed by atoms with Crippen LogP contribution in [0.15, 0.2) is 12.3 Å². The third kappa shape index (κ3) is 5.63. The average Bonchev–Trinajstić information content (AvgIpc) is 3.10. The third-order valence-electron chi connectivity index (χ3n) is 5.65. The number of nitrogens with zero attached hydrogens (tertiary/aromatic N) is 3. The molecule has 9 heteroatoms. The fourth-order valence-electron chi connectivity index (χ4n) is 3.90. The van der Waals surface area contributed by atoms with E-state index in [9.17, 15) is 4.79 Å². The maximum Gasteiger partial charge on any atom is 0.252 e. The number of ether oxygens (including phenoxy) is 1. The van der Waals surface area contributed by atoms with Crippen LogP contribution in [0.5, 0.6) is 0 Å². The van der Waals surface area contributed by atoms with Gasteiger partial charge in [-0.3, -0.25) is 4.79 Å². The van der Waals surface area contributed by atoms with Gasteiger partial charge in [0.2, 0.25) is 0 Å². The lowest BCUT2D eigenvalue weighted by Gasteiger charge is -2.37. The van der Waals surface area contributed by atoms with E-state index in [1.807, 2.05) is 10.7 Å². The van der Waals surface area contributed by atoms with E-state index in [2.05, 4.69) is 43.4 Å². The highest BCUT2D eigenvalue weighted by molar-refractivity contribution is 6.05. The summed E-state index contributed by atoms with van der Waals surface area (Å²) in [5, 5.41) is 11.9. The molecule has 0 bridgehead atoms. The summed E-state index contributed by atoms with van der Waals surface area (Å²) < 4.78 is 7.36. The molecule has 7 nitrogen and oxygen atoms in total. The Morgan fingerprint density at radius 3 is 2.50 bits per heavy atom. The van der Waals surface area contributed by atoms with Gasteiger partial charge in [0.1, 0.15) is 0 Å². The van der Waals surface area contributed by atoms with Crippen LogP contribution in [0, 0.1) is 5.41 Å². The van der Waals surface area contributed by atoms with Crippen LogP contribution in [0.2, 0.25) is 0 Å². The molecule has 1 aliphatic rings. The number of nitrogens with one attached hydrogen (secondary N) is 2. The second kappa shape index (κ2) is 11.3. The van der Waals surface area contributed by atoms with E-state index in [-0.39, 0.29) is 48.1 Å². The van der Waals surface area contributed by atoms with Crippen molar-refractivity contribution in [3.63, 3.8) is 0 Å². The molecule has 30 heavy (non-hydrogen) atoms. The predicted molar refractivity (Wildman–Crippen MR) is 125 cm³/mol. The number of amides is 1. The van der Waals surface area contributed by atoms with Crippen LogP contribution in [0.3, 0.4) is 0 Å². The third-order valence-corrected chi connectivity index (χ3v) is 5.65. The predicted octanol–water partition coefficient (Wildman–Crippen LogP) is 3.73. The molecule has 0 radical (unpaired) electrons. The molecular weight excluding hydrogens is 425 g/mol. The highest BCUT2D eigenvalue weighted by Gasteiger charge is 2.33. The first-order valence-electron chi connectivity index (χ1n) is 10.2. The first-order chi connectivity index (χ1) is 13.4. The SMILES string of the molecule is COCC1(CNC(=O)c2cc(C(C)C)nc3c2cnn3C(C)C)CCNCC1.Cl.Cl. The van der Waals surface area contributed by atoms with Gasteiger partial charge in [0, 0.05) is 30.8 Å². The Kier molecular flexibility index (Phi) is 10.0. The van der Waals surface area contributed by atoms with E-state index in [0.29, 0.717) is 18.7 Å². The minimum atomic E-state index is -0.0633. The van der Waals surface area contributed by atoms with Crippen LogP contribution >= 0.6 is 24.8 Å². The molecule has 0 aromatic carbocycles. The monoisotopic (exact) mass is 459 g/mol. The molecule has 1 saturated heterocycles. The molecule has 0 spiro atoms. The molecule has 0 atom stereocenters. The number of methoxy groups -OCH3 is 1. The zero-order valence-corrected chi connectivity index (χ0v) is 20.2. The Morgan fingerprint density at radius 1 is 1.27 bits per heavy atom. The normalized spacial score (nSPS) is 15.7. The van der Waals surface area contributed by atoms with Gasteiger partial charge in [0.15, 0.2) is 5.65 Å². The van der Waals surface area contributed by atoms with Gasteiger partial charge in [-0.1, -0.05) is 13.8 Å². The van der Waals surface area contributed by atoms with Crippen molar-refractivity contribution in [2.24, 2.45) is 5.41 Å². The van der Waals surface area contributed by atoms with Gasteiger partial charge < -0.3 is 15.4 Å². The van der Waals surface area contributed by atoms with Gasteiger partial charge in [-0.05, 0) is 51.8 Å². The summed E-state index contributed by atoms with van der Waals surface area (Å²) in [5.41, 5.74) is 2.33. The van der Waals surface area contributed by atoms with Gasteiger partial charge in [-0.2, -0.15) is 5.10 Å². The first-order valence-corrected chi connectivity index (χ1v) is 10.2. The summed E-state index contributed by atoms with van der Waals surface area (Å²) in [7, 11) is 1.73. The van der Waals surface area contributed by atoms with Crippen molar-refractivity contribution in [1.29, 1.82) is 0 Å². The maximum atomic E-state index is 13.2. The molecule has 2 aromatic rings. The van der Waals surface area contributed by atoms with Crippen molar-refractivity contribution in [3.8, 4) is 0 Å². The van der Waals surface area contributed by atoms with Crippen LogP contribution < -0.4 is 10.6 Å². The Labute approximate surface area is 191 Å². The van der Waals surface area contributed by atoms with E-state index in [1.165, 1.54) is 0 Å². The Balaban J connectivity index is 0.00000225. The molecule has 0 unspecified atom stereocenters. The number of carbonyl (C=O) groups is 1. The molecule has 2 aromatic heterocycles. The van der Waals surface area contributed by atoms with Crippen LogP contribution in [0.4, 0.5) is 0 Å². The fraction of sp³-hybridized carbons (Fsp3) is 0.667. The van der Waals surface area contributed by atoms with Crippen LogP contribution in [0.25, 0.3) is 11.0 Å². The molecule has 2 N–H and O–H groups in total. The summed E-state index contributed by atoms with van der Waals surface area (Å²) >= 11 is 0. The first kappa shape index (κ1) is 26.6. The molecule has 0 aliphatic carbocycles. The van der Waals surface area contributed by atoms with Crippen LogP contribution in [-0.2, 0) is 4.74 Å². The molecule has 170 valence electrons. The average molecular weight is 460 g/mol. The van der Waals surface area contributed by atoms with E-state index in [4.69, 9.17) is 9.72 Å². The molecule has 1 fully saturated rings. The largest absolute Gasteiger partial charge is 0.384 e. The highest BCUT2D eigenvalue weighted by Crippen LogP contribution is 2.29. The number of hydrogen-bond donors (Lipinski definition) is 2. The van der Waals surface area contributed by atoms with Gasteiger partial charge in [0.25, 0.3) is 5.91 Å². The number of hydrogen-bond acceptors (Lipinski definition) is 5. The minimum absolute atomic E-state index is 0. The zero-order valence-electron chi connectivity index (χ0n) is 18.5. The Bertz CT molecular complexity index is 827. The lowest BCUT2D eigenvalue weighted by Crippen LogP contribution is -2.47. The number of carbonyl (C=O) groups excluding carboxylic acids is 1. The van der Waals surface area contributed by atoms with Gasteiger partial charge in [-0.15, -0.1) is 24.8 Å². The zero-order chi connectivity index (χ0) is 20.3. The number of piperidine rings is 1. The van der Waals surface area contributed by atoms with Crippen molar-refractivity contribution < 1.29 is 9.53 Å².